The fourth-order valence-electron chi connectivity index (χ4n) is 0.0833. The van der Waals surface area contributed by atoms with Gasteiger partial charge in [0.25, 0.3) is 0 Å². The minimum Gasteiger partial charge on any atom is -0.478 e. The van der Waals surface area contributed by atoms with Crippen molar-refractivity contribution < 1.29 is 29.3 Å². The highest BCUT2D eigenvalue weighted by atomic mass is 16.5. The summed E-state index contributed by atoms with van der Waals surface area (Å²) in [7, 11) is 1.31. The number of ether oxygens (including phenoxy) is 1. The van der Waals surface area contributed by atoms with Gasteiger partial charge >= 0.3 is 17.9 Å². The number of aliphatic carboxylic acids is 2. The van der Waals surface area contributed by atoms with Crippen molar-refractivity contribution in [3.63, 3.8) is 0 Å². The second-order valence-electron chi connectivity index (χ2n) is 2.90. The Morgan fingerprint density at radius 3 is 1.22 bits per heavy atom. The third-order valence-corrected chi connectivity index (χ3v) is 1.10. The first-order chi connectivity index (χ1) is 8.09. The lowest BCUT2D eigenvalue weighted by atomic mass is 10.4. The Morgan fingerprint density at radius 2 is 1.22 bits per heavy atom. The van der Waals surface area contributed by atoms with E-state index in [-0.39, 0.29) is 11.1 Å². The average Bonchev–Trinajstić information content (AvgIpc) is 2.29. The molecule has 0 aliphatic rings. The Hall–Kier alpha value is -2.37. The van der Waals surface area contributed by atoms with Gasteiger partial charge in [-0.2, -0.15) is 0 Å². The first-order valence-corrected chi connectivity index (χ1v) is 4.58. The van der Waals surface area contributed by atoms with E-state index in [9.17, 15) is 14.4 Å². The highest BCUT2D eigenvalue weighted by molar-refractivity contribution is 5.85. The molecule has 0 aliphatic carbocycles. The van der Waals surface area contributed by atoms with E-state index in [1.807, 2.05) is 0 Å². The third-order valence-electron chi connectivity index (χ3n) is 1.10. The van der Waals surface area contributed by atoms with Crippen LogP contribution < -0.4 is 0 Å². The first kappa shape index (κ1) is 21.0. The van der Waals surface area contributed by atoms with Crippen molar-refractivity contribution in [3.8, 4) is 0 Å². The van der Waals surface area contributed by atoms with E-state index in [4.69, 9.17) is 10.2 Å². The predicted molar refractivity (Wildman–Crippen MR) is 67.1 cm³/mol. The molecule has 0 aromatic heterocycles. The molecule has 0 radical (unpaired) electrons. The van der Waals surface area contributed by atoms with E-state index >= 15 is 0 Å². The molecule has 6 nitrogen and oxygen atoms in total. The van der Waals surface area contributed by atoms with Crippen LogP contribution in [0.25, 0.3) is 0 Å². The van der Waals surface area contributed by atoms with Crippen molar-refractivity contribution in [2.45, 2.75) is 13.8 Å². The van der Waals surface area contributed by atoms with Crippen LogP contribution in [0.1, 0.15) is 13.8 Å². The summed E-state index contributed by atoms with van der Waals surface area (Å²) in [5.41, 5.74) is 0.352. The average molecular weight is 258 g/mol. The van der Waals surface area contributed by atoms with E-state index in [1.165, 1.54) is 21.0 Å². The lowest BCUT2D eigenvalue weighted by molar-refractivity contribution is -0.135. The molecule has 6 heteroatoms. The predicted octanol–water partition coefficient (Wildman–Crippen LogP) is 1.64. The van der Waals surface area contributed by atoms with Crippen molar-refractivity contribution in [2.24, 2.45) is 0 Å². The molecule has 0 amide bonds. The Kier molecular flexibility index (Phi) is 14.8. The van der Waals surface area contributed by atoms with E-state index < -0.39 is 17.9 Å². The quantitative estimate of drug-likeness (QED) is 0.589. The zero-order valence-electron chi connectivity index (χ0n) is 10.7. The molecule has 0 heterocycles. The van der Waals surface area contributed by atoms with Gasteiger partial charge in [0.1, 0.15) is 0 Å². The number of methoxy groups -OCH3 is 1. The summed E-state index contributed by atoms with van der Waals surface area (Å²) in [6, 6.07) is 0. The van der Waals surface area contributed by atoms with Crippen molar-refractivity contribution >= 4 is 17.9 Å². The zero-order chi connectivity index (χ0) is 15.3. The van der Waals surface area contributed by atoms with Gasteiger partial charge in [0.05, 0.1) is 7.11 Å². The minimum atomic E-state index is -0.935. The van der Waals surface area contributed by atoms with Crippen LogP contribution >= 0.6 is 0 Å². The van der Waals surface area contributed by atoms with Gasteiger partial charge in [-0.1, -0.05) is 19.7 Å². The van der Waals surface area contributed by atoms with Crippen LogP contribution in [0.2, 0.25) is 0 Å². The van der Waals surface area contributed by atoms with Gasteiger partial charge < -0.3 is 14.9 Å². The van der Waals surface area contributed by atoms with Gasteiger partial charge in [-0.05, 0) is 13.8 Å². The molecule has 2 N–H and O–H groups in total. The molecule has 0 rings (SSSR count). The largest absolute Gasteiger partial charge is 0.478 e. The van der Waals surface area contributed by atoms with Crippen LogP contribution in [0.5, 0.6) is 0 Å². The normalized spacial score (nSPS) is 7.28. The Bertz CT molecular complexity index is 289. The second kappa shape index (κ2) is 12.7. The molecule has 0 saturated carbocycles. The van der Waals surface area contributed by atoms with E-state index in [2.05, 4.69) is 24.5 Å². The summed E-state index contributed by atoms with van der Waals surface area (Å²) in [6.07, 6.45) is 1.11. The van der Waals surface area contributed by atoms with E-state index in [1.54, 1.807) is 0 Å². The van der Waals surface area contributed by atoms with Crippen molar-refractivity contribution in [2.75, 3.05) is 7.11 Å². The molecule has 0 atom stereocenters. The number of carboxylic acids is 2. The Labute approximate surface area is 106 Å². The standard InChI is InChI=1S/3C4H6O2/c1-3-4(5)6-2;2*1-3(2)4(5)6/h3H,1H2,2H3;2*1H2,2H3,(H,5,6). The molecular weight excluding hydrogens is 240 g/mol. The van der Waals surface area contributed by atoms with Crippen LogP contribution in [-0.2, 0) is 19.1 Å². The van der Waals surface area contributed by atoms with Gasteiger partial charge in [-0.15, -0.1) is 0 Å². The Morgan fingerprint density at radius 1 is 1.00 bits per heavy atom. The number of carbonyl (C=O) groups excluding carboxylic acids is 1. The fraction of sp³-hybridized carbons (Fsp3) is 0.250. The number of esters is 1. The maximum atomic E-state index is 9.84. The van der Waals surface area contributed by atoms with E-state index in [0.29, 0.717) is 0 Å². The van der Waals surface area contributed by atoms with Crippen molar-refractivity contribution in [1.82, 2.24) is 0 Å². The van der Waals surface area contributed by atoms with Crippen LogP contribution in [0, 0.1) is 0 Å². The molecule has 0 unspecified atom stereocenters. The van der Waals surface area contributed by atoms with Crippen LogP contribution in [0.3, 0.4) is 0 Å². The minimum absolute atomic E-state index is 0.176. The zero-order valence-corrected chi connectivity index (χ0v) is 10.7. The molecule has 0 saturated heterocycles. The number of rotatable bonds is 3. The highest BCUT2D eigenvalue weighted by Gasteiger charge is 1.90. The monoisotopic (exact) mass is 258 g/mol. The number of hydrogen-bond acceptors (Lipinski definition) is 4. The molecule has 0 bridgehead atoms. The summed E-state index contributed by atoms with van der Waals surface area (Å²) in [6.45, 7) is 12.4. The van der Waals surface area contributed by atoms with E-state index in [0.717, 1.165) is 6.08 Å². The second-order valence-corrected chi connectivity index (χ2v) is 2.90. The van der Waals surface area contributed by atoms with Gasteiger partial charge in [0.15, 0.2) is 0 Å². The third kappa shape index (κ3) is 23.4. The highest BCUT2D eigenvalue weighted by Crippen LogP contribution is 1.81. The maximum absolute atomic E-state index is 9.84. The summed E-state index contributed by atoms with van der Waals surface area (Å²) in [5, 5.41) is 15.8. The SMILES string of the molecule is C=C(C)C(=O)O.C=C(C)C(=O)O.C=CC(=O)OC. The first-order valence-electron chi connectivity index (χ1n) is 4.58. The van der Waals surface area contributed by atoms with Crippen LogP contribution in [0.15, 0.2) is 37.0 Å². The van der Waals surface area contributed by atoms with Crippen LogP contribution in [-0.4, -0.2) is 35.2 Å². The molecule has 102 valence electrons. The molecule has 0 fully saturated rings. The van der Waals surface area contributed by atoms with Gasteiger partial charge in [-0.25, -0.2) is 14.4 Å². The summed E-state index contributed by atoms with van der Waals surface area (Å²) in [4.78, 5) is 29.0. The number of hydrogen-bond donors (Lipinski definition) is 2. The topological polar surface area (TPSA) is 101 Å². The Balaban J connectivity index is -0.000000187. The fourth-order valence-corrected chi connectivity index (χ4v) is 0.0833. The van der Waals surface area contributed by atoms with Crippen LogP contribution in [0.4, 0.5) is 0 Å². The smallest absolute Gasteiger partial charge is 0.330 e. The molecule has 0 spiro atoms. The van der Waals surface area contributed by atoms with Crippen molar-refractivity contribution in [3.05, 3.63) is 37.0 Å². The molecule has 0 aromatic carbocycles. The van der Waals surface area contributed by atoms with Gasteiger partial charge in [-0.3, -0.25) is 0 Å². The lowest BCUT2D eigenvalue weighted by Crippen LogP contribution is -1.92. The van der Waals surface area contributed by atoms with Gasteiger partial charge in [0.2, 0.25) is 0 Å². The summed E-state index contributed by atoms with van der Waals surface area (Å²) < 4.78 is 4.14. The number of carboxylic acid groups (broad SMARTS) is 2. The summed E-state index contributed by atoms with van der Waals surface area (Å²) in [5.74, 6) is -2.26. The van der Waals surface area contributed by atoms with Gasteiger partial charge in [0, 0.05) is 17.2 Å². The summed E-state index contributed by atoms with van der Waals surface area (Å²) >= 11 is 0. The lowest BCUT2D eigenvalue weighted by Gasteiger charge is -1.83. The maximum Gasteiger partial charge on any atom is 0.330 e. The number of carbonyl (C=O) groups is 3. The molecular formula is C12H18O6. The molecule has 0 aromatic rings. The molecule has 18 heavy (non-hydrogen) atoms. The molecule has 0 aliphatic heterocycles. The van der Waals surface area contributed by atoms with Crippen molar-refractivity contribution in [1.29, 1.82) is 0 Å².